The van der Waals surface area contributed by atoms with Crippen molar-refractivity contribution in [2.75, 3.05) is 17.7 Å². The summed E-state index contributed by atoms with van der Waals surface area (Å²) in [5.74, 6) is -2.39. The average Bonchev–Trinajstić information content (AvgIpc) is 2.82. The van der Waals surface area contributed by atoms with Crippen molar-refractivity contribution in [2.24, 2.45) is 10.9 Å². The number of nitrogens with zero attached hydrogens (tertiary/aromatic N) is 2. The van der Waals surface area contributed by atoms with Crippen molar-refractivity contribution in [2.45, 2.75) is 12.8 Å². The van der Waals surface area contributed by atoms with Gasteiger partial charge in [-0.25, -0.2) is 4.99 Å². The SMILES string of the molecule is C=CCOC(=O)C1C(C)=NC(SCC(=O)Nc2ccccc2Cl)=C(C#N)[C@@H]1c1ccccc1Cl. The molecule has 9 heteroatoms. The van der Waals surface area contributed by atoms with Crippen LogP contribution in [0.2, 0.25) is 10.0 Å². The molecule has 1 unspecified atom stereocenters. The maximum absolute atomic E-state index is 12.9. The zero-order chi connectivity index (χ0) is 24.7. The third-order valence-electron chi connectivity index (χ3n) is 5.05. The van der Waals surface area contributed by atoms with Gasteiger partial charge in [0.15, 0.2) is 0 Å². The van der Waals surface area contributed by atoms with Gasteiger partial charge in [-0.05, 0) is 30.7 Å². The first-order valence-corrected chi connectivity index (χ1v) is 12.0. The fourth-order valence-corrected chi connectivity index (χ4v) is 4.85. The molecule has 2 aromatic carbocycles. The number of hydrogen-bond donors (Lipinski definition) is 1. The van der Waals surface area contributed by atoms with Gasteiger partial charge in [0.2, 0.25) is 5.91 Å². The Morgan fingerprint density at radius 2 is 1.88 bits per heavy atom. The topological polar surface area (TPSA) is 91.5 Å². The van der Waals surface area contributed by atoms with Gasteiger partial charge in [-0.2, -0.15) is 5.26 Å². The van der Waals surface area contributed by atoms with E-state index in [1.807, 2.05) is 0 Å². The normalized spacial score (nSPS) is 17.4. The molecule has 3 rings (SSSR count). The van der Waals surface area contributed by atoms with E-state index in [-0.39, 0.29) is 23.8 Å². The quantitative estimate of drug-likeness (QED) is 0.345. The number of halogens is 2. The molecule has 1 aliphatic heterocycles. The number of hydrogen-bond acceptors (Lipinski definition) is 6. The molecule has 2 aromatic rings. The minimum Gasteiger partial charge on any atom is -0.461 e. The maximum Gasteiger partial charge on any atom is 0.315 e. The van der Waals surface area contributed by atoms with Crippen LogP contribution in [0.3, 0.4) is 0 Å². The molecular weight excluding hydrogens is 493 g/mol. The van der Waals surface area contributed by atoms with Crippen LogP contribution in [0.5, 0.6) is 0 Å². The van der Waals surface area contributed by atoms with Gasteiger partial charge in [-0.1, -0.05) is 78.0 Å². The molecule has 0 aromatic heterocycles. The number of para-hydroxylation sites is 1. The van der Waals surface area contributed by atoms with E-state index >= 15 is 0 Å². The standard InChI is InChI=1S/C25H21Cl2N3O3S/c1-3-12-33-25(32)22-15(2)29-24(17(13-28)23(22)16-8-4-5-9-18(16)26)34-14-21(31)30-20-11-7-6-10-19(20)27/h3-11,22-23H,1,12,14H2,2H3,(H,30,31)/t22?,23-/m0/s1. The van der Waals surface area contributed by atoms with Gasteiger partial charge in [-0.3, -0.25) is 9.59 Å². The zero-order valence-electron chi connectivity index (χ0n) is 18.3. The Morgan fingerprint density at radius 3 is 2.53 bits per heavy atom. The highest BCUT2D eigenvalue weighted by Gasteiger charge is 2.41. The molecule has 174 valence electrons. The molecule has 1 N–H and O–H groups in total. The first-order valence-electron chi connectivity index (χ1n) is 10.3. The van der Waals surface area contributed by atoms with E-state index in [2.05, 4.69) is 23.0 Å². The van der Waals surface area contributed by atoms with Gasteiger partial charge in [0.1, 0.15) is 17.6 Å². The Labute approximate surface area is 212 Å². The first-order chi connectivity index (χ1) is 16.4. The van der Waals surface area contributed by atoms with E-state index in [9.17, 15) is 14.9 Å². The molecule has 6 nitrogen and oxygen atoms in total. The van der Waals surface area contributed by atoms with Gasteiger partial charge < -0.3 is 10.1 Å². The Bertz CT molecular complexity index is 1220. The van der Waals surface area contributed by atoms with E-state index < -0.39 is 17.8 Å². The smallest absolute Gasteiger partial charge is 0.315 e. The van der Waals surface area contributed by atoms with Crippen molar-refractivity contribution in [1.82, 2.24) is 0 Å². The second-order valence-electron chi connectivity index (χ2n) is 7.30. The summed E-state index contributed by atoms with van der Waals surface area (Å²) in [6.07, 6.45) is 1.47. The second-order valence-corrected chi connectivity index (χ2v) is 9.07. The lowest BCUT2D eigenvalue weighted by Gasteiger charge is -2.30. The molecule has 0 bridgehead atoms. The molecular formula is C25H21Cl2N3O3S. The monoisotopic (exact) mass is 513 g/mol. The highest BCUT2D eigenvalue weighted by atomic mass is 35.5. The van der Waals surface area contributed by atoms with Crippen LogP contribution in [0.15, 0.2) is 76.8 Å². The van der Waals surface area contributed by atoms with Crippen LogP contribution in [0.25, 0.3) is 0 Å². The number of benzene rings is 2. The molecule has 34 heavy (non-hydrogen) atoms. The number of ether oxygens (including phenoxy) is 1. The summed E-state index contributed by atoms with van der Waals surface area (Å²) in [5.41, 5.74) is 1.81. The number of nitriles is 1. The molecule has 1 aliphatic rings. The summed E-state index contributed by atoms with van der Waals surface area (Å²) in [6.45, 7) is 5.30. The summed E-state index contributed by atoms with van der Waals surface area (Å²) in [4.78, 5) is 30.0. The molecule has 0 fully saturated rings. The Balaban J connectivity index is 1.93. The van der Waals surface area contributed by atoms with Crippen molar-refractivity contribution in [1.29, 1.82) is 5.26 Å². The third kappa shape index (κ3) is 5.89. The van der Waals surface area contributed by atoms with Crippen molar-refractivity contribution in [3.8, 4) is 6.07 Å². The third-order valence-corrected chi connectivity index (χ3v) is 6.71. The molecule has 0 spiro atoms. The minimum absolute atomic E-state index is 0.0106. The summed E-state index contributed by atoms with van der Waals surface area (Å²) in [5, 5.41) is 14.0. The molecule has 0 radical (unpaired) electrons. The van der Waals surface area contributed by atoms with Crippen molar-refractivity contribution in [3.05, 3.63) is 87.4 Å². The van der Waals surface area contributed by atoms with E-state index in [0.29, 0.717) is 32.0 Å². The van der Waals surface area contributed by atoms with Gasteiger partial charge in [-0.15, -0.1) is 0 Å². The highest BCUT2D eigenvalue weighted by Crippen LogP contribution is 2.44. The Kier molecular flexibility index (Phi) is 8.94. The Morgan fingerprint density at radius 1 is 1.21 bits per heavy atom. The number of nitrogens with one attached hydrogen (secondary N) is 1. The molecule has 1 amide bonds. The van der Waals surface area contributed by atoms with Crippen LogP contribution >= 0.6 is 35.0 Å². The largest absolute Gasteiger partial charge is 0.461 e. The number of thioether (sulfide) groups is 1. The number of anilines is 1. The lowest BCUT2D eigenvalue weighted by atomic mass is 9.77. The fraction of sp³-hybridized carbons (Fsp3) is 0.200. The summed E-state index contributed by atoms with van der Waals surface area (Å²) < 4.78 is 5.30. The predicted molar refractivity (Wildman–Crippen MR) is 137 cm³/mol. The van der Waals surface area contributed by atoms with Crippen LogP contribution in [-0.4, -0.2) is 29.9 Å². The lowest BCUT2D eigenvalue weighted by Crippen LogP contribution is -2.34. The molecule has 0 saturated heterocycles. The number of esters is 1. The maximum atomic E-state index is 12.9. The lowest BCUT2D eigenvalue weighted by molar-refractivity contribution is -0.145. The van der Waals surface area contributed by atoms with Crippen LogP contribution < -0.4 is 5.32 Å². The van der Waals surface area contributed by atoms with Crippen LogP contribution in [0, 0.1) is 17.2 Å². The summed E-state index contributed by atoms with van der Waals surface area (Å²) in [6, 6.07) is 16.1. The molecule has 1 heterocycles. The molecule has 2 atom stereocenters. The van der Waals surface area contributed by atoms with Crippen molar-refractivity contribution < 1.29 is 14.3 Å². The number of rotatable bonds is 8. The molecule has 0 saturated carbocycles. The van der Waals surface area contributed by atoms with Gasteiger partial charge in [0, 0.05) is 16.7 Å². The number of amides is 1. The first kappa shape index (κ1) is 25.6. The number of carbonyl (C=O) groups is 2. The van der Waals surface area contributed by atoms with E-state index in [0.717, 1.165) is 11.8 Å². The zero-order valence-corrected chi connectivity index (χ0v) is 20.6. The van der Waals surface area contributed by atoms with Crippen LogP contribution in [-0.2, 0) is 14.3 Å². The predicted octanol–water partition coefficient (Wildman–Crippen LogP) is 6.00. The Hall–Kier alpha value is -3.05. The van der Waals surface area contributed by atoms with Crippen molar-refractivity contribution >= 4 is 58.2 Å². The number of aliphatic imine (C=N–C) groups is 1. The van der Waals surface area contributed by atoms with Crippen LogP contribution in [0.4, 0.5) is 5.69 Å². The summed E-state index contributed by atoms with van der Waals surface area (Å²) in [7, 11) is 0. The second kappa shape index (κ2) is 11.9. The number of carbonyl (C=O) groups excluding carboxylic acids is 2. The van der Waals surface area contributed by atoms with E-state index in [4.69, 9.17) is 27.9 Å². The highest BCUT2D eigenvalue weighted by molar-refractivity contribution is 8.03. The van der Waals surface area contributed by atoms with Gasteiger partial charge in [0.05, 0.1) is 28.1 Å². The minimum atomic E-state index is -0.837. The summed E-state index contributed by atoms with van der Waals surface area (Å²) >= 11 is 13.7. The van der Waals surface area contributed by atoms with E-state index in [1.54, 1.807) is 55.5 Å². The van der Waals surface area contributed by atoms with Gasteiger partial charge in [0.25, 0.3) is 0 Å². The number of allylic oxidation sites excluding steroid dienone is 1. The average molecular weight is 514 g/mol. The van der Waals surface area contributed by atoms with E-state index in [1.165, 1.54) is 6.08 Å². The van der Waals surface area contributed by atoms with Crippen molar-refractivity contribution in [3.63, 3.8) is 0 Å². The van der Waals surface area contributed by atoms with Crippen LogP contribution in [0.1, 0.15) is 18.4 Å². The fourth-order valence-electron chi connectivity index (χ4n) is 3.54. The van der Waals surface area contributed by atoms with Gasteiger partial charge >= 0.3 is 5.97 Å². The molecule has 0 aliphatic carbocycles.